The quantitative estimate of drug-likeness (QED) is 0.135. The summed E-state index contributed by atoms with van der Waals surface area (Å²) in [4.78, 5) is 23.2. The number of rotatable bonds is 9. The zero-order chi connectivity index (χ0) is 26.6. The SMILES string of the molecule is CO[C@H](C)Oc1c(C=O)cc2c(c1-c1c(OCc3cccc([N+](=O)[O-])c3)ccc3c1CCCC3)CCCC2. The van der Waals surface area contributed by atoms with Crippen LogP contribution in [0.15, 0.2) is 42.5 Å². The number of nitro benzene ring substituents is 1. The Labute approximate surface area is 222 Å². The Balaban J connectivity index is 1.69. The van der Waals surface area contributed by atoms with Crippen LogP contribution in [0, 0.1) is 10.1 Å². The number of aryl methyl sites for hydroxylation is 2. The van der Waals surface area contributed by atoms with E-state index in [4.69, 9.17) is 14.2 Å². The molecule has 3 aromatic carbocycles. The largest absolute Gasteiger partial charge is 0.488 e. The lowest BCUT2D eigenvalue weighted by molar-refractivity contribution is -0.384. The van der Waals surface area contributed by atoms with E-state index >= 15 is 0 Å². The number of ether oxygens (including phenoxy) is 3. The number of carbonyl (C=O) groups excluding carboxylic acids is 1. The number of nitrogens with zero attached hydrogens (tertiary/aromatic N) is 1. The Kier molecular flexibility index (Phi) is 7.74. The van der Waals surface area contributed by atoms with Gasteiger partial charge in [-0.15, -0.1) is 0 Å². The van der Waals surface area contributed by atoms with E-state index in [0.29, 0.717) is 17.1 Å². The lowest BCUT2D eigenvalue weighted by atomic mass is 9.79. The zero-order valence-corrected chi connectivity index (χ0v) is 22.0. The predicted octanol–water partition coefficient (Wildman–Crippen LogP) is 6.78. The summed E-state index contributed by atoms with van der Waals surface area (Å²) in [6.07, 6.45) is 8.42. The highest BCUT2D eigenvalue weighted by atomic mass is 16.7. The standard InChI is InChI=1S/C31H33NO6/c1-20(36-2)38-31-24(18-33)17-23-10-4-6-13-27(23)30(31)29-26-12-5-3-9-22(26)14-15-28(29)37-19-21-8-7-11-25(16-21)32(34)35/h7-8,11,14-18,20H,3-6,9-10,12-13,19H2,1-2H3/t20-/m0/s1. The van der Waals surface area contributed by atoms with Crippen LogP contribution < -0.4 is 9.47 Å². The molecule has 0 aromatic heterocycles. The number of aldehydes is 1. The third-order valence-electron chi connectivity index (χ3n) is 7.63. The normalized spacial score (nSPS) is 15.2. The van der Waals surface area contributed by atoms with Gasteiger partial charge in [0.15, 0.2) is 12.6 Å². The maximum atomic E-state index is 12.3. The van der Waals surface area contributed by atoms with Crippen molar-refractivity contribution in [2.24, 2.45) is 0 Å². The number of fused-ring (bicyclic) bond motifs is 2. The first-order valence-electron chi connectivity index (χ1n) is 13.3. The highest BCUT2D eigenvalue weighted by Crippen LogP contribution is 2.48. The Morgan fingerprint density at radius 1 is 0.947 bits per heavy atom. The number of methoxy groups -OCH3 is 1. The van der Waals surface area contributed by atoms with Crippen molar-refractivity contribution in [2.45, 2.75) is 71.2 Å². The predicted molar refractivity (Wildman–Crippen MR) is 145 cm³/mol. The topological polar surface area (TPSA) is 87.9 Å². The number of hydrogen-bond donors (Lipinski definition) is 0. The molecule has 0 amide bonds. The van der Waals surface area contributed by atoms with Gasteiger partial charge in [0.25, 0.3) is 5.69 Å². The lowest BCUT2D eigenvalue weighted by Crippen LogP contribution is -2.18. The van der Waals surface area contributed by atoms with E-state index in [2.05, 4.69) is 6.07 Å². The Hall–Kier alpha value is -3.71. The summed E-state index contributed by atoms with van der Waals surface area (Å²) in [5, 5.41) is 11.3. The first kappa shape index (κ1) is 25.9. The van der Waals surface area contributed by atoms with Gasteiger partial charge in [-0.1, -0.05) is 18.2 Å². The van der Waals surface area contributed by atoms with Gasteiger partial charge in [0.05, 0.1) is 10.5 Å². The van der Waals surface area contributed by atoms with Crippen molar-refractivity contribution in [3.63, 3.8) is 0 Å². The molecule has 1 atom stereocenters. The highest BCUT2D eigenvalue weighted by Gasteiger charge is 2.29. The average Bonchev–Trinajstić information content (AvgIpc) is 2.95. The van der Waals surface area contributed by atoms with Crippen LogP contribution in [0.1, 0.15) is 70.8 Å². The van der Waals surface area contributed by atoms with Crippen molar-refractivity contribution in [3.05, 3.63) is 86.0 Å². The van der Waals surface area contributed by atoms with Crippen LogP contribution in [-0.2, 0) is 37.0 Å². The average molecular weight is 516 g/mol. The second kappa shape index (κ2) is 11.4. The van der Waals surface area contributed by atoms with Gasteiger partial charge in [-0.25, -0.2) is 0 Å². The van der Waals surface area contributed by atoms with E-state index in [1.54, 1.807) is 19.2 Å². The molecule has 5 rings (SSSR count). The minimum atomic E-state index is -0.539. The summed E-state index contributed by atoms with van der Waals surface area (Å²) < 4.78 is 18.2. The molecule has 7 nitrogen and oxygen atoms in total. The smallest absolute Gasteiger partial charge is 0.269 e. The highest BCUT2D eigenvalue weighted by molar-refractivity contribution is 5.92. The number of hydrogen-bond acceptors (Lipinski definition) is 6. The second-order valence-corrected chi connectivity index (χ2v) is 10.1. The van der Waals surface area contributed by atoms with Crippen molar-refractivity contribution in [1.29, 1.82) is 0 Å². The van der Waals surface area contributed by atoms with Gasteiger partial charge in [0.2, 0.25) is 0 Å². The minimum absolute atomic E-state index is 0.0359. The maximum absolute atomic E-state index is 12.3. The first-order chi connectivity index (χ1) is 18.5. The Morgan fingerprint density at radius 3 is 2.37 bits per heavy atom. The lowest BCUT2D eigenvalue weighted by Gasteiger charge is -2.29. The first-order valence-corrected chi connectivity index (χ1v) is 13.3. The Bertz CT molecular complexity index is 1360. The summed E-state index contributed by atoms with van der Waals surface area (Å²) in [7, 11) is 1.58. The van der Waals surface area contributed by atoms with Crippen molar-refractivity contribution < 1.29 is 23.9 Å². The van der Waals surface area contributed by atoms with Crippen LogP contribution in [0.25, 0.3) is 11.1 Å². The van der Waals surface area contributed by atoms with Crippen molar-refractivity contribution in [2.75, 3.05) is 7.11 Å². The molecule has 0 radical (unpaired) electrons. The summed E-state index contributed by atoms with van der Waals surface area (Å²) in [5.74, 6) is 1.23. The molecule has 0 spiro atoms. The molecule has 0 heterocycles. The fraction of sp³-hybridized carbons (Fsp3) is 0.387. The van der Waals surface area contributed by atoms with Gasteiger partial charge in [-0.3, -0.25) is 14.9 Å². The molecular weight excluding hydrogens is 482 g/mol. The van der Waals surface area contributed by atoms with Crippen LogP contribution in [0.5, 0.6) is 11.5 Å². The molecule has 38 heavy (non-hydrogen) atoms. The third kappa shape index (κ3) is 5.16. The third-order valence-corrected chi connectivity index (χ3v) is 7.63. The molecule has 0 saturated carbocycles. The van der Waals surface area contributed by atoms with Crippen molar-refractivity contribution >= 4 is 12.0 Å². The fourth-order valence-electron chi connectivity index (χ4n) is 5.72. The van der Waals surface area contributed by atoms with Gasteiger partial charge in [0, 0.05) is 30.4 Å². The van der Waals surface area contributed by atoms with Crippen molar-refractivity contribution in [1.82, 2.24) is 0 Å². The van der Waals surface area contributed by atoms with Gasteiger partial charge >= 0.3 is 0 Å². The molecular formula is C31H33NO6. The molecule has 198 valence electrons. The summed E-state index contributed by atoms with van der Waals surface area (Å²) in [6.45, 7) is 2.01. The van der Waals surface area contributed by atoms with E-state index in [0.717, 1.165) is 74.3 Å². The molecule has 0 aliphatic heterocycles. The van der Waals surface area contributed by atoms with Gasteiger partial charge in [-0.2, -0.15) is 0 Å². The summed E-state index contributed by atoms with van der Waals surface area (Å²) in [6, 6.07) is 12.6. The van der Waals surface area contributed by atoms with Crippen LogP contribution in [0.2, 0.25) is 0 Å². The van der Waals surface area contributed by atoms with E-state index < -0.39 is 11.2 Å². The number of nitro groups is 1. The Morgan fingerprint density at radius 2 is 1.66 bits per heavy atom. The molecule has 0 N–H and O–H groups in total. The van der Waals surface area contributed by atoms with Crippen LogP contribution in [0.3, 0.4) is 0 Å². The fourth-order valence-corrected chi connectivity index (χ4v) is 5.72. The molecule has 0 fully saturated rings. The molecule has 2 aliphatic carbocycles. The molecule has 0 bridgehead atoms. The summed E-state index contributed by atoms with van der Waals surface area (Å²) >= 11 is 0. The number of carbonyl (C=O) groups is 1. The molecule has 3 aromatic rings. The molecule has 0 unspecified atom stereocenters. The van der Waals surface area contributed by atoms with Crippen LogP contribution in [0.4, 0.5) is 5.69 Å². The molecule has 2 aliphatic rings. The zero-order valence-electron chi connectivity index (χ0n) is 22.0. The van der Waals surface area contributed by atoms with E-state index in [-0.39, 0.29) is 12.3 Å². The number of benzene rings is 3. The molecule has 7 heteroatoms. The van der Waals surface area contributed by atoms with Crippen LogP contribution >= 0.6 is 0 Å². The maximum Gasteiger partial charge on any atom is 0.269 e. The molecule has 0 saturated heterocycles. The van der Waals surface area contributed by atoms with E-state index in [1.807, 2.05) is 25.1 Å². The summed E-state index contributed by atoms with van der Waals surface area (Å²) in [5.41, 5.74) is 8.10. The van der Waals surface area contributed by atoms with Gasteiger partial charge in [-0.05, 0) is 98.2 Å². The number of non-ortho nitro benzene ring substituents is 1. The van der Waals surface area contributed by atoms with Gasteiger partial charge < -0.3 is 14.2 Å². The van der Waals surface area contributed by atoms with E-state index in [1.165, 1.54) is 28.3 Å². The monoisotopic (exact) mass is 515 g/mol. The van der Waals surface area contributed by atoms with Crippen molar-refractivity contribution in [3.8, 4) is 22.6 Å². The minimum Gasteiger partial charge on any atom is -0.488 e. The van der Waals surface area contributed by atoms with Gasteiger partial charge in [0.1, 0.15) is 18.1 Å². The second-order valence-electron chi connectivity index (χ2n) is 10.1. The van der Waals surface area contributed by atoms with Crippen LogP contribution in [-0.4, -0.2) is 24.6 Å². The van der Waals surface area contributed by atoms with E-state index in [9.17, 15) is 14.9 Å².